The van der Waals surface area contributed by atoms with E-state index in [0.29, 0.717) is 31.7 Å². The molecule has 0 saturated carbocycles. The molecule has 0 N–H and O–H groups in total. The minimum Gasteiger partial charge on any atom is -0.496 e. The molecule has 0 bridgehead atoms. The van der Waals surface area contributed by atoms with Crippen LogP contribution in [0, 0.1) is 26.6 Å². The number of aryl methyl sites for hydroxylation is 3. The van der Waals surface area contributed by atoms with Gasteiger partial charge in [0.2, 0.25) is 5.91 Å². The van der Waals surface area contributed by atoms with Crippen molar-refractivity contribution in [3.63, 3.8) is 0 Å². The molecule has 0 aromatic heterocycles. The fourth-order valence-electron chi connectivity index (χ4n) is 5.43. The van der Waals surface area contributed by atoms with Crippen LogP contribution in [0.2, 0.25) is 0 Å². The lowest BCUT2D eigenvalue weighted by Crippen LogP contribution is -2.42. The van der Waals surface area contributed by atoms with Crippen molar-refractivity contribution in [1.82, 2.24) is 4.90 Å². The van der Waals surface area contributed by atoms with Crippen molar-refractivity contribution in [3.8, 4) is 5.75 Å². The van der Waals surface area contributed by atoms with E-state index in [-0.39, 0.29) is 18.1 Å². The number of halogens is 1. The lowest BCUT2D eigenvalue weighted by atomic mass is 9.71. The van der Waals surface area contributed by atoms with E-state index in [1.165, 1.54) is 11.6 Å². The fraction of sp³-hybridized carbons (Fsp3) is 0.344. The summed E-state index contributed by atoms with van der Waals surface area (Å²) < 4.78 is 26.7. The Balaban J connectivity index is 1.73. The summed E-state index contributed by atoms with van der Waals surface area (Å²) in [5.41, 5.74) is 5.08. The SMILES string of the molecule is C=C[C@@H]1OCC[C@@]1(CC(=O)N(Cc1ccc(C)cc1C)Cc1ccc(C)cc1OC)c1ccccc1F. The van der Waals surface area contributed by atoms with Gasteiger partial charge in [0, 0.05) is 37.1 Å². The molecule has 1 amide bonds. The van der Waals surface area contributed by atoms with Gasteiger partial charge < -0.3 is 14.4 Å². The van der Waals surface area contributed by atoms with Gasteiger partial charge in [-0.1, -0.05) is 60.2 Å². The molecular formula is C32H36FNO3. The first-order chi connectivity index (χ1) is 17.8. The van der Waals surface area contributed by atoms with Crippen LogP contribution < -0.4 is 4.74 Å². The summed E-state index contributed by atoms with van der Waals surface area (Å²) in [6.07, 6.45) is 1.90. The summed E-state index contributed by atoms with van der Waals surface area (Å²) in [6.45, 7) is 11.3. The zero-order valence-electron chi connectivity index (χ0n) is 22.2. The van der Waals surface area contributed by atoms with Crippen molar-refractivity contribution >= 4 is 5.91 Å². The van der Waals surface area contributed by atoms with Crippen LogP contribution in [-0.2, 0) is 28.0 Å². The van der Waals surface area contributed by atoms with Gasteiger partial charge in [0.25, 0.3) is 0 Å². The number of methoxy groups -OCH3 is 1. The van der Waals surface area contributed by atoms with Crippen LogP contribution in [0.3, 0.4) is 0 Å². The highest BCUT2D eigenvalue weighted by Gasteiger charge is 2.47. The molecular weight excluding hydrogens is 465 g/mol. The standard InChI is InChI=1S/C32H36FNO3/c1-6-30-32(15-16-37-30,27-9-7-8-10-28(27)33)19-31(35)34(20-25-13-11-22(2)17-24(25)4)21-26-14-12-23(3)18-29(26)36-5/h6-14,17-18,30H,1,15-16,19-21H2,2-5H3/t30-,32+/m0/s1. The Kier molecular flexibility index (Phi) is 8.13. The number of carbonyl (C=O) groups is 1. The molecule has 0 aliphatic carbocycles. The second-order valence-corrected chi connectivity index (χ2v) is 10.1. The topological polar surface area (TPSA) is 38.8 Å². The maximum Gasteiger partial charge on any atom is 0.224 e. The number of rotatable bonds is 9. The third-order valence-electron chi connectivity index (χ3n) is 7.50. The first kappa shape index (κ1) is 26.6. The maximum absolute atomic E-state index is 15.1. The van der Waals surface area contributed by atoms with Crippen LogP contribution in [0.4, 0.5) is 4.39 Å². The van der Waals surface area contributed by atoms with Crippen LogP contribution in [0.15, 0.2) is 73.3 Å². The second kappa shape index (κ2) is 11.3. The number of benzene rings is 3. The number of ether oxygens (including phenoxy) is 2. The summed E-state index contributed by atoms with van der Waals surface area (Å²) in [7, 11) is 1.65. The van der Waals surface area contributed by atoms with E-state index in [1.807, 2.05) is 36.1 Å². The highest BCUT2D eigenvalue weighted by atomic mass is 19.1. The Hall–Kier alpha value is -3.44. The summed E-state index contributed by atoms with van der Waals surface area (Å²) >= 11 is 0. The van der Waals surface area contributed by atoms with Gasteiger partial charge in [-0.05, 0) is 61.6 Å². The Morgan fingerprint density at radius 1 is 1.08 bits per heavy atom. The van der Waals surface area contributed by atoms with E-state index in [9.17, 15) is 4.79 Å². The molecule has 1 aliphatic rings. The number of hydrogen-bond acceptors (Lipinski definition) is 3. The number of hydrogen-bond donors (Lipinski definition) is 0. The number of carbonyl (C=O) groups excluding carboxylic acids is 1. The lowest BCUT2D eigenvalue weighted by molar-refractivity contribution is -0.134. The van der Waals surface area contributed by atoms with Crippen LogP contribution in [-0.4, -0.2) is 30.6 Å². The Bertz CT molecular complexity index is 1290. The quantitative estimate of drug-likeness (QED) is 0.311. The summed E-state index contributed by atoms with van der Waals surface area (Å²) in [5.74, 6) is 0.354. The van der Waals surface area contributed by atoms with E-state index in [0.717, 1.165) is 28.0 Å². The largest absolute Gasteiger partial charge is 0.496 e. The molecule has 4 rings (SSSR count). The van der Waals surface area contributed by atoms with Gasteiger partial charge in [-0.3, -0.25) is 4.79 Å². The van der Waals surface area contributed by atoms with Gasteiger partial charge >= 0.3 is 0 Å². The molecule has 0 spiro atoms. The van der Waals surface area contributed by atoms with Crippen LogP contribution >= 0.6 is 0 Å². The van der Waals surface area contributed by atoms with E-state index in [2.05, 4.69) is 38.6 Å². The van der Waals surface area contributed by atoms with Crippen molar-refractivity contribution < 1.29 is 18.7 Å². The third-order valence-corrected chi connectivity index (χ3v) is 7.50. The van der Waals surface area contributed by atoms with E-state index in [1.54, 1.807) is 25.3 Å². The van der Waals surface area contributed by atoms with Gasteiger partial charge in [-0.15, -0.1) is 6.58 Å². The lowest BCUT2D eigenvalue weighted by Gasteiger charge is -2.35. The van der Waals surface area contributed by atoms with Gasteiger partial charge in [0.05, 0.1) is 13.2 Å². The van der Waals surface area contributed by atoms with Crippen molar-refractivity contribution in [2.75, 3.05) is 13.7 Å². The van der Waals surface area contributed by atoms with Crippen molar-refractivity contribution in [3.05, 3.63) is 113 Å². The molecule has 3 aromatic rings. The molecule has 4 nitrogen and oxygen atoms in total. The Morgan fingerprint density at radius 2 is 1.76 bits per heavy atom. The third kappa shape index (κ3) is 5.62. The fourth-order valence-corrected chi connectivity index (χ4v) is 5.43. The molecule has 0 radical (unpaired) electrons. The monoisotopic (exact) mass is 501 g/mol. The molecule has 37 heavy (non-hydrogen) atoms. The molecule has 1 fully saturated rings. The summed E-state index contributed by atoms with van der Waals surface area (Å²) in [5, 5.41) is 0. The Labute approximate surface area is 219 Å². The van der Waals surface area contributed by atoms with Crippen LogP contribution in [0.5, 0.6) is 5.75 Å². The molecule has 2 atom stereocenters. The summed E-state index contributed by atoms with van der Waals surface area (Å²) in [6, 6.07) is 19.0. The van der Waals surface area contributed by atoms with Gasteiger partial charge in [-0.25, -0.2) is 4.39 Å². The number of nitrogens with zero attached hydrogens (tertiary/aromatic N) is 1. The van der Waals surface area contributed by atoms with E-state index >= 15 is 4.39 Å². The normalized spacial score (nSPS) is 19.0. The smallest absolute Gasteiger partial charge is 0.224 e. The number of amides is 1. The van der Waals surface area contributed by atoms with Gasteiger partial charge in [0.1, 0.15) is 11.6 Å². The molecule has 5 heteroatoms. The minimum atomic E-state index is -0.817. The van der Waals surface area contributed by atoms with Crippen molar-refractivity contribution in [2.24, 2.45) is 0 Å². The van der Waals surface area contributed by atoms with E-state index in [4.69, 9.17) is 9.47 Å². The predicted molar refractivity (Wildman–Crippen MR) is 145 cm³/mol. The van der Waals surface area contributed by atoms with Crippen molar-refractivity contribution in [1.29, 1.82) is 0 Å². The van der Waals surface area contributed by atoms with Crippen molar-refractivity contribution in [2.45, 2.75) is 58.2 Å². The average molecular weight is 502 g/mol. The highest BCUT2D eigenvalue weighted by molar-refractivity contribution is 5.78. The average Bonchev–Trinajstić information content (AvgIpc) is 3.29. The van der Waals surface area contributed by atoms with E-state index < -0.39 is 11.5 Å². The zero-order chi connectivity index (χ0) is 26.6. The first-order valence-electron chi connectivity index (χ1n) is 12.7. The minimum absolute atomic E-state index is 0.0665. The Morgan fingerprint density at radius 3 is 2.43 bits per heavy atom. The molecule has 194 valence electrons. The first-order valence-corrected chi connectivity index (χ1v) is 12.7. The molecule has 1 saturated heterocycles. The molecule has 1 heterocycles. The van der Waals surface area contributed by atoms with Crippen LogP contribution in [0.25, 0.3) is 0 Å². The van der Waals surface area contributed by atoms with Crippen LogP contribution in [0.1, 0.15) is 46.2 Å². The highest BCUT2D eigenvalue weighted by Crippen LogP contribution is 2.44. The van der Waals surface area contributed by atoms with Gasteiger partial charge in [0.15, 0.2) is 0 Å². The molecule has 3 aromatic carbocycles. The zero-order valence-corrected chi connectivity index (χ0v) is 22.2. The molecule has 1 aliphatic heterocycles. The maximum atomic E-state index is 15.1. The van der Waals surface area contributed by atoms with Gasteiger partial charge in [-0.2, -0.15) is 0 Å². The predicted octanol–water partition coefficient (Wildman–Crippen LogP) is 6.59. The summed E-state index contributed by atoms with van der Waals surface area (Å²) in [4.78, 5) is 16.0. The second-order valence-electron chi connectivity index (χ2n) is 10.1. The molecule has 0 unspecified atom stereocenters.